The van der Waals surface area contributed by atoms with Gasteiger partial charge in [-0.3, -0.25) is 10.1 Å². The lowest BCUT2D eigenvalue weighted by Gasteiger charge is -2.27. The molecule has 1 N–H and O–H groups in total. The second-order valence-electron chi connectivity index (χ2n) is 6.41. The van der Waals surface area contributed by atoms with Gasteiger partial charge in [-0.25, -0.2) is 15.0 Å². The zero-order valence-electron chi connectivity index (χ0n) is 14.4. The van der Waals surface area contributed by atoms with Gasteiger partial charge in [0.25, 0.3) is 5.91 Å². The topological polar surface area (TPSA) is 71.0 Å². The average Bonchev–Trinajstić information content (AvgIpc) is 3.00. The molecule has 1 amide bonds. The highest BCUT2D eigenvalue weighted by Gasteiger charge is 2.19. The maximum Gasteiger partial charge on any atom is 0.276 e. The monoisotopic (exact) mass is 345 g/mol. The van der Waals surface area contributed by atoms with E-state index in [1.165, 1.54) is 17.8 Å². The van der Waals surface area contributed by atoms with Crippen molar-refractivity contribution in [1.29, 1.82) is 0 Å². The van der Waals surface area contributed by atoms with E-state index in [9.17, 15) is 4.79 Å². The van der Waals surface area contributed by atoms with E-state index in [0.717, 1.165) is 36.5 Å². The maximum atomic E-state index is 12.6. The Labute approximate surface area is 146 Å². The predicted molar refractivity (Wildman–Crippen MR) is 97.0 cm³/mol. The van der Waals surface area contributed by atoms with Crippen LogP contribution in [0, 0.1) is 6.92 Å². The highest BCUT2D eigenvalue weighted by Crippen LogP contribution is 2.22. The van der Waals surface area contributed by atoms with Gasteiger partial charge in [0, 0.05) is 29.9 Å². The van der Waals surface area contributed by atoms with Gasteiger partial charge in [-0.2, -0.15) is 0 Å². The molecule has 0 aliphatic carbocycles. The predicted octanol–water partition coefficient (Wildman–Crippen LogP) is 3.61. The smallest absolute Gasteiger partial charge is 0.276 e. The standard InChI is InChI=1S/C17H23N5OS/c1-11(2)13-9-14(15(23)21-17-18-10-12(3)24-17)20-16(19-13)22-7-5-4-6-8-22/h9-11H,4-8H2,1-3H3,(H,18,21,23). The lowest BCUT2D eigenvalue weighted by Crippen LogP contribution is -2.32. The van der Waals surface area contributed by atoms with Gasteiger partial charge < -0.3 is 4.90 Å². The summed E-state index contributed by atoms with van der Waals surface area (Å²) in [6, 6.07) is 1.79. The molecule has 0 atom stereocenters. The number of carbonyl (C=O) groups excluding carboxylic acids is 1. The van der Waals surface area contributed by atoms with Crippen LogP contribution in [0.3, 0.4) is 0 Å². The summed E-state index contributed by atoms with van der Waals surface area (Å²) < 4.78 is 0. The fourth-order valence-corrected chi connectivity index (χ4v) is 3.33. The van der Waals surface area contributed by atoms with Gasteiger partial charge in [0.2, 0.25) is 5.95 Å². The molecule has 3 heterocycles. The number of piperidine rings is 1. The summed E-state index contributed by atoms with van der Waals surface area (Å²) in [5.74, 6) is 0.679. The molecule has 0 spiro atoms. The molecule has 1 saturated heterocycles. The summed E-state index contributed by atoms with van der Waals surface area (Å²) in [6.45, 7) is 8.02. The molecule has 0 unspecified atom stereocenters. The molecule has 0 bridgehead atoms. The normalized spacial score (nSPS) is 14.9. The summed E-state index contributed by atoms with van der Waals surface area (Å²) in [5, 5.41) is 3.43. The van der Waals surface area contributed by atoms with Crippen LogP contribution in [-0.4, -0.2) is 33.9 Å². The van der Waals surface area contributed by atoms with Crippen LogP contribution in [-0.2, 0) is 0 Å². The van der Waals surface area contributed by atoms with E-state index < -0.39 is 0 Å². The van der Waals surface area contributed by atoms with Crippen molar-refractivity contribution in [2.24, 2.45) is 0 Å². The minimum absolute atomic E-state index is 0.230. The highest BCUT2D eigenvalue weighted by atomic mass is 32.1. The molecule has 6 nitrogen and oxygen atoms in total. The van der Waals surface area contributed by atoms with Crippen molar-refractivity contribution >= 4 is 28.3 Å². The van der Waals surface area contributed by atoms with Crippen LogP contribution < -0.4 is 10.2 Å². The third-order valence-corrected chi connectivity index (χ3v) is 4.87. The Hall–Kier alpha value is -2.02. The number of nitrogens with zero attached hydrogens (tertiary/aromatic N) is 4. The average molecular weight is 345 g/mol. The zero-order valence-corrected chi connectivity index (χ0v) is 15.2. The Kier molecular flexibility index (Phi) is 5.08. The van der Waals surface area contributed by atoms with Crippen molar-refractivity contribution in [2.75, 3.05) is 23.3 Å². The summed E-state index contributed by atoms with van der Waals surface area (Å²) in [6.07, 6.45) is 5.29. The van der Waals surface area contributed by atoms with Crippen molar-refractivity contribution in [1.82, 2.24) is 15.0 Å². The van der Waals surface area contributed by atoms with Crippen LogP contribution in [0.15, 0.2) is 12.3 Å². The molecule has 1 aliphatic heterocycles. The molecular weight excluding hydrogens is 322 g/mol. The largest absolute Gasteiger partial charge is 0.341 e. The highest BCUT2D eigenvalue weighted by molar-refractivity contribution is 7.15. The fourth-order valence-electron chi connectivity index (χ4n) is 2.67. The zero-order chi connectivity index (χ0) is 17.1. The molecule has 2 aromatic rings. The summed E-state index contributed by atoms with van der Waals surface area (Å²) in [7, 11) is 0. The van der Waals surface area contributed by atoms with Crippen molar-refractivity contribution in [3.8, 4) is 0 Å². The Morgan fingerprint density at radius 1 is 1.25 bits per heavy atom. The van der Waals surface area contributed by atoms with Crippen LogP contribution in [0.25, 0.3) is 0 Å². The summed E-state index contributed by atoms with van der Waals surface area (Å²) in [4.78, 5) is 29.2. The Morgan fingerprint density at radius 2 is 2.00 bits per heavy atom. The van der Waals surface area contributed by atoms with Gasteiger partial charge in [0.05, 0.1) is 0 Å². The molecule has 7 heteroatoms. The Bertz CT molecular complexity index is 722. The number of amides is 1. The molecule has 1 aliphatic rings. The van der Waals surface area contributed by atoms with Crippen LogP contribution in [0.1, 0.15) is 60.1 Å². The number of hydrogen-bond acceptors (Lipinski definition) is 6. The molecule has 0 aromatic carbocycles. The van der Waals surface area contributed by atoms with E-state index >= 15 is 0 Å². The fraction of sp³-hybridized carbons (Fsp3) is 0.529. The molecule has 128 valence electrons. The van der Waals surface area contributed by atoms with Gasteiger partial charge in [-0.05, 0) is 38.2 Å². The Morgan fingerprint density at radius 3 is 2.62 bits per heavy atom. The number of thiazole rings is 1. The Balaban J connectivity index is 1.87. The van der Waals surface area contributed by atoms with E-state index in [-0.39, 0.29) is 11.8 Å². The van der Waals surface area contributed by atoms with Gasteiger partial charge in [-0.15, -0.1) is 11.3 Å². The second-order valence-corrected chi connectivity index (χ2v) is 7.65. The minimum Gasteiger partial charge on any atom is -0.341 e. The molecule has 0 radical (unpaired) electrons. The number of carbonyl (C=O) groups is 1. The van der Waals surface area contributed by atoms with Crippen molar-refractivity contribution in [3.05, 3.63) is 28.5 Å². The van der Waals surface area contributed by atoms with Gasteiger partial charge >= 0.3 is 0 Å². The summed E-state index contributed by atoms with van der Waals surface area (Å²) in [5.41, 5.74) is 1.30. The SMILES string of the molecule is Cc1cnc(NC(=O)c2cc(C(C)C)nc(N3CCCCC3)n2)s1. The number of anilines is 2. The first-order chi connectivity index (χ1) is 11.5. The number of nitrogens with one attached hydrogen (secondary N) is 1. The number of aromatic nitrogens is 3. The van der Waals surface area contributed by atoms with Crippen LogP contribution in [0.4, 0.5) is 11.1 Å². The van der Waals surface area contributed by atoms with Gasteiger partial charge in [0.1, 0.15) is 5.69 Å². The molecule has 3 rings (SSSR count). The van der Waals surface area contributed by atoms with Crippen LogP contribution in [0.2, 0.25) is 0 Å². The van der Waals surface area contributed by atoms with Crippen molar-refractivity contribution < 1.29 is 4.79 Å². The van der Waals surface area contributed by atoms with E-state index in [1.807, 2.05) is 6.92 Å². The first kappa shape index (κ1) is 16.8. The summed E-state index contributed by atoms with van der Waals surface area (Å²) >= 11 is 1.46. The van der Waals surface area contributed by atoms with Crippen LogP contribution in [0.5, 0.6) is 0 Å². The molecule has 1 fully saturated rings. The molecular formula is C17H23N5OS. The van der Waals surface area contributed by atoms with E-state index in [2.05, 4.69) is 39.0 Å². The third kappa shape index (κ3) is 3.90. The first-order valence-corrected chi connectivity index (χ1v) is 9.22. The first-order valence-electron chi connectivity index (χ1n) is 8.40. The lowest BCUT2D eigenvalue weighted by molar-refractivity contribution is 0.102. The lowest BCUT2D eigenvalue weighted by atomic mass is 10.1. The third-order valence-electron chi connectivity index (χ3n) is 4.04. The maximum absolute atomic E-state index is 12.6. The second kappa shape index (κ2) is 7.25. The van der Waals surface area contributed by atoms with E-state index in [0.29, 0.717) is 16.8 Å². The van der Waals surface area contributed by atoms with Crippen molar-refractivity contribution in [2.45, 2.75) is 46.0 Å². The van der Waals surface area contributed by atoms with E-state index in [1.54, 1.807) is 12.3 Å². The molecule has 0 saturated carbocycles. The van der Waals surface area contributed by atoms with Gasteiger partial charge in [-0.1, -0.05) is 13.8 Å². The number of hydrogen-bond donors (Lipinski definition) is 1. The van der Waals surface area contributed by atoms with Crippen molar-refractivity contribution in [3.63, 3.8) is 0 Å². The van der Waals surface area contributed by atoms with Crippen LogP contribution >= 0.6 is 11.3 Å². The van der Waals surface area contributed by atoms with Gasteiger partial charge in [0.15, 0.2) is 5.13 Å². The molecule has 2 aromatic heterocycles. The minimum atomic E-state index is -0.230. The molecule has 24 heavy (non-hydrogen) atoms. The number of aryl methyl sites for hydroxylation is 1. The quantitative estimate of drug-likeness (QED) is 0.916. The number of rotatable bonds is 4. The van der Waals surface area contributed by atoms with E-state index in [4.69, 9.17) is 0 Å².